The topological polar surface area (TPSA) is 64.4 Å². The van der Waals surface area contributed by atoms with Crippen molar-refractivity contribution < 1.29 is 9.66 Å². The van der Waals surface area contributed by atoms with Crippen molar-refractivity contribution in [2.45, 2.75) is 26.3 Å². The number of methoxy groups -OCH3 is 1. The van der Waals surface area contributed by atoms with Crippen LogP contribution in [0.5, 0.6) is 5.75 Å². The number of nitro groups is 1. The third-order valence-electron chi connectivity index (χ3n) is 3.05. The van der Waals surface area contributed by atoms with Gasteiger partial charge in [-0.2, -0.15) is 0 Å². The van der Waals surface area contributed by atoms with E-state index in [4.69, 9.17) is 4.74 Å². The van der Waals surface area contributed by atoms with Crippen molar-refractivity contribution >= 4 is 22.7 Å². The number of nitro benzene ring substituents is 1. The molecule has 0 bridgehead atoms. The SMILES string of the molecule is COc1cc(NC(C)Cc2ccc(C)s2)cc([N+](=O)[O-])c1. The predicted molar refractivity (Wildman–Crippen MR) is 85.5 cm³/mol. The molecule has 0 fully saturated rings. The highest BCUT2D eigenvalue weighted by Crippen LogP contribution is 2.27. The molecule has 6 heteroatoms. The van der Waals surface area contributed by atoms with Gasteiger partial charge in [0.05, 0.1) is 18.1 Å². The number of benzene rings is 1. The third kappa shape index (κ3) is 4.19. The molecule has 112 valence electrons. The minimum atomic E-state index is -0.416. The average Bonchev–Trinajstić information content (AvgIpc) is 2.83. The molecule has 0 saturated heterocycles. The van der Waals surface area contributed by atoms with Gasteiger partial charge in [0.2, 0.25) is 0 Å². The van der Waals surface area contributed by atoms with Crippen molar-refractivity contribution in [2.75, 3.05) is 12.4 Å². The van der Waals surface area contributed by atoms with Gasteiger partial charge in [0.15, 0.2) is 0 Å². The lowest BCUT2D eigenvalue weighted by Gasteiger charge is -2.15. The van der Waals surface area contributed by atoms with Crippen molar-refractivity contribution in [3.63, 3.8) is 0 Å². The van der Waals surface area contributed by atoms with E-state index in [0.717, 1.165) is 6.42 Å². The molecule has 0 amide bonds. The Hall–Kier alpha value is -2.08. The molecule has 1 aromatic heterocycles. The van der Waals surface area contributed by atoms with Gasteiger partial charge in [0, 0.05) is 40.0 Å². The lowest BCUT2D eigenvalue weighted by atomic mass is 10.2. The van der Waals surface area contributed by atoms with Gasteiger partial charge in [0.1, 0.15) is 5.75 Å². The molecule has 5 nitrogen and oxygen atoms in total. The first-order valence-corrected chi connectivity index (χ1v) is 7.45. The Morgan fingerprint density at radius 2 is 2.14 bits per heavy atom. The molecule has 0 aliphatic carbocycles. The summed E-state index contributed by atoms with van der Waals surface area (Å²) in [5.41, 5.74) is 0.720. The monoisotopic (exact) mass is 306 g/mol. The standard InChI is InChI=1S/C15H18N2O3S/c1-10(6-15-5-4-11(2)21-15)16-12-7-13(17(18)19)9-14(8-12)20-3/h4-5,7-10,16H,6H2,1-3H3. The van der Waals surface area contributed by atoms with Crippen LogP contribution in [0.3, 0.4) is 0 Å². The summed E-state index contributed by atoms with van der Waals surface area (Å²) in [7, 11) is 1.50. The van der Waals surface area contributed by atoms with E-state index >= 15 is 0 Å². The molecule has 1 N–H and O–H groups in total. The Kier molecular flexibility index (Phi) is 4.80. The maximum absolute atomic E-state index is 10.9. The normalized spacial score (nSPS) is 12.0. The molecule has 2 rings (SSSR count). The summed E-state index contributed by atoms with van der Waals surface area (Å²) in [4.78, 5) is 13.1. The number of thiophene rings is 1. The zero-order valence-electron chi connectivity index (χ0n) is 12.3. The predicted octanol–water partition coefficient (Wildman–Crippen LogP) is 4.02. The lowest BCUT2D eigenvalue weighted by Crippen LogP contribution is -2.17. The quantitative estimate of drug-likeness (QED) is 0.647. The number of nitrogens with one attached hydrogen (secondary N) is 1. The Bertz CT molecular complexity index is 640. The van der Waals surface area contributed by atoms with Gasteiger partial charge in [-0.05, 0) is 26.0 Å². The zero-order valence-corrected chi connectivity index (χ0v) is 13.1. The summed E-state index contributed by atoms with van der Waals surface area (Å²) < 4.78 is 5.11. The fourth-order valence-corrected chi connectivity index (χ4v) is 3.14. The molecule has 2 aromatic rings. The van der Waals surface area contributed by atoms with Crippen LogP contribution >= 0.6 is 11.3 Å². The first-order valence-electron chi connectivity index (χ1n) is 6.63. The molecule has 0 aliphatic rings. The largest absolute Gasteiger partial charge is 0.496 e. The molecule has 1 unspecified atom stereocenters. The molecular weight excluding hydrogens is 288 g/mol. The second-order valence-corrected chi connectivity index (χ2v) is 6.31. The fourth-order valence-electron chi connectivity index (χ4n) is 2.12. The molecule has 0 spiro atoms. The summed E-state index contributed by atoms with van der Waals surface area (Å²) in [6.45, 7) is 4.14. The summed E-state index contributed by atoms with van der Waals surface area (Å²) in [5, 5.41) is 14.2. The van der Waals surface area contributed by atoms with Gasteiger partial charge in [-0.25, -0.2) is 0 Å². The van der Waals surface area contributed by atoms with Crippen LogP contribution in [0.15, 0.2) is 30.3 Å². The maximum Gasteiger partial charge on any atom is 0.275 e. The minimum absolute atomic E-state index is 0.0241. The van der Waals surface area contributed by atoms with E-state index < -0.39 is 4.92 Å². The molecule has 21 heavy (non-hydrogen) atoms. The van der Waals surface area contributed by atoms with Crippen LogP contribution in [0.4, 0.5) is 11.4 Å². The number of anilines is 1. The molecule has 0 aliphatic heterocycles. The third-order valence-corrected chi connectivity index (χ3v) is 4.08. The first kappa shape index (κ1) is 15.3. The number of aryl methyl sites for hydroxylation is 1. The van der Waals surface area contributed by atoms with E-state index in [1.807, 2.05) is 0 Å². The number of rotatable bonds is 6. The van der Waals surface area contributed by atoms with Gasteiger partial charge in [-0.15, -0.1) is 11.3 Å². The molecular formula is C15H18N2O3S. The van der Waals surface area contributed by atoms with Crippen LogP contribution in [0.25, 0.3) is 0 Å². The second kappa shape index (κ2) is 6.58. The number of non-ortho nitro benzene ring substituents is 1. The average molecular weight is 306 g/mol. The van der Waals surface area contributed by atoms with E-state index in [2.05, 4.69) is 31.3 Å². The van der Waals surface area contributed by atoms with Crippen LogP contribution in [0, 0.1) is 17.0 Å². The maximum atomic E-state index is 10.9. The second-order valence-electron chi connectivity index (χ2n) is 4.94. The summed E-state index contributed by atoms with van der Waals surface area (Å²) in [5.74, 6) is 0.478. The number of hydrogen-bond acceptors (Lipinski definition) is 5. The van der Waals surface area contributed by atoms with Crippen molar-refractivity contribution in [1.82, 2.24) is 0 Å². The summed E-state index contributed by atoms with van der Waals surface area (Å²) in [6, 6.07) is 9.10. The zero-order chi connectivity index (χ0) is 15.4. The van der Waals surface area contributed by atoms with Crippen LogP contribution < -0.4 is 10.1 Å². The Labute approximate surface area is 127 Å². The number of ether oxygens (including phenoxy) is 1. The minimum Gasteiger partial charge on any atom is -0.496 e. The van der Waals surface area contributed by atoms with E-state index in [-0.39, 0.29) is 11.7 Å². The molecule has 1 aromatic carbocycles. The smallest absolute Gasteiger partial charge is 0.275 e. The van der Waals surface area contributed by atoms with Gasteiger partial charge in [-0.1, -0.05) is 0 Å². The van der Waals surface area contributed by atoms with Crippen LogP contribution in [-0.2, 0) is 6.42 Å². The van der Waals surface area contributed by atoms with Crippen molar-refractivity contribution in [3.8, 4) is 5.75 Å². The van der Waals surface area contributed by atoms with Gasteiger partial charge >= 0.3 is 0 Å². The van der Waals surface area contributed by atoms with E-state index in [1.54, 1.807) is 17.4 Å². The summed E-state index contributed by atoms with van der Waals surface area (Å²) in [6.07, 6.45) is 0.878. The van der Waals surface area contributed by atoms with Crippen molar-refractivity contribution in [2.24, 2.45) is 0 Å². The molecule has 0 saturated carbocycles. The number of hydrogen-bond donors (Lipinski definition) is 1. The van der Waals surface area contributed by atoms with Gasteiger partial charge < -0.3 is 10.1 Å². The molecule has 1 heterocycles. The molecule has 0 radical (unpaired) electrons. The van der Waals surface area contributed by atoms with Crippen LogP contribution in [0.1, 0.15) is 16.7 Å². The van der Waals surface area contributed by atoms with E-state index in [0.29, 0.717) is 11.4 Å². The highest BCUT2D eigenvalue weighted by molar-refractivity contribution is 7.11. The Balaban J connectivity index is 2.10. The van der Waals surface area contributed by atoms with Gasteiger partial charge in [-0.3, -0.25) is 10.1 Å². The first-order chi connectivity index (χ1) is 9.97. The highest BCUT2D eigenvalue weighted by atomic mass is 32.1. The summed E-state index contributed by atoms with van der Waals surface area (Å²) >= 11 is 1.77. The van der Waals surface area contributed by atoms with Gasteiger partial charge in [0.25, 0.3) is 5.69 Å². The van der Waals surface area contributed by atoms with Crippen LogP contribution in [-0.4, -0.2) is 18.1 Å². The van der Waals surface area contributed by atoms with Crippen molar-refractivity contribution in [3.05, 3.63) is 50.2 Å². The Morgan fingerprint density at radius 1 is 1.38 bits per heavy atom. The van der Waals surface area contributed by atoms with E-state index in [1.165, 1.54) is 29.0 Å². The van der Waals surface area contributed by atoms with Crippen LogP contribution in [0.2, 0.25) is 0 Å². The molecule has 1 atom stereocenters. The fraction of sp³-hybridized carbons (Fsp3) is 0.333. The van der Waals surface area contributed by atoms with Crippen molar-refractivity contribution in [1.29, 1.82) is 0 Å². The number of nitrogens with zero attached hydrogens (tertiary/aromatic N) is 1. The highest BCUT2D eigenvalue weighted by Gasteiger charge is 2.12. The lowest BCUT2D eigenvalue weighted by molar-refractivity contribution is -0.384. The van der Waals surface area contributed by atoms with E-state index in [9.17, 15) is 10.1 Å². The Morgan fingerprint density at radius 3 is 2.71 bits per heavy atom.